The van der Waals surface area contributed by atoms with Crippen LogP contribution in [0.3, 0.4) is 0 Å². The Bertz CT molecular complexity index is 1070. The Morgan fingerprint density at radius 1 is 1.16 bits per heavy atom. The van der Waals surface area contributed by atoms with Crippen molar-refractivity contribution in [3.63, 3.8) is 0 Å². The summed E-state index contributed by atoms with van der Waals surface area (Å²) >= 11 is 0. The summed E-state index contributed by atoms with van der Waals surface area (Å²) in [6.07, 6.45) is 4.58. The van der Waals surface area contributed by atoms with Crippen molar-refractivity contribution >= 4 is 16.9 Å². The lowest BCUT2D eigenvalue weighted by Gasteiger charge is -2.27. The molecule has 2 aromatic carbocycles. The third-order valence-corrected chi connectivity index (χ3v) is 6.41. The van der Waals surface area contributed by atoms with Crippen LogP contribution in [0.2, 0.25) is 0 Å². The minimum Gasteiger partial charge on any atom is -0.543 e. The maximum atomic E-state index is 13.4. The molecular weight excluding hydrogens is 395 g/mol. The van der Waals surface area contributed by atoms with Crippen LogP contribution in [0, 0.1) is 11.7 Å². The zero-order valence-corrected chi connectivity index (χ0v) is 18.0. The number of methoxy groups -OCH3 is 1. The zero-order valence-electron chi connectivity index (χ0n) is 18.0. The molecule has 1 aliphatic carbocycles. The van der Waals surface area contributed by atoms with Gasteiger partial charge in [0.15, 0.2) is 0 Å². The van der Waals surface area contributed by atoms with Crippen molar-refractivity contribution < 1.29 is 19.0 Å². The molecule has 0 saturated heterocycles. The molecule has 6 heteroatoms. The largest absolute Gasteiger partial charge is 0.543 e. The molecule has 4 rings (SSSR count). The van der Waals surface area contributed by atoms with Crippen molar-refractivity contribution in [1.82, 2.24) is 9.88 Å². The number of fused-ring (bicyclic) bond motifs is 1. The number of aromatic carboxylic acids is 1. The number of carboxylic acid groups (broad SMARTS) is 1. The van der Waals surface area contributed by atoms with E-state index < -0.39 is 5.97 Å². The van der Waals surface area contributed by atoms with E-state index in [4.69, 9.17) is 4.74 Å². The fraction of sp³-hybridized carbons (Fsp3) is 0.400. The monoisotopic (exact) mass is 423 g/mol. The number of benzene rings is 2. The van der Waals surface area contributed by atoms with E-state index in [2.05, 4.69) is 12.2 Å². The number of nitrogens with zero attached hydrogens (tertiary/aromatic N) is 1. The number of rotatable bonds is 7. The minimum atomic E-state index is -1.22. The summed E-state index contributed by atoms with van der Waals surface area (Å²) < 4.78 is 20.5. The normalized spacial score (nSPS) is 18.9. The lowest BCUT2D eigenvalue weighted by atomic mass is 9.87. The van der Waals surface area contributed by atoms with Gasteiger partial charge in [0.05, 0.1) is 24.3 Å². The lowest BCUT2D eigenvalue weighted by Crippen LogP contribution is -2.34. The van der Waals surface area contributed by atoms with Gasteiger partial charge in [0.25, 0.3) is 0 Å². The van der Waals surface area contributed by atoms with E-state index in [1.165, 1.54) is 25.0 Å². The first-order valence-corrected chi connectivity index (χ1v) is 10.8. The Morgan fingerprint density at radius 3 is 2.52 bits per heavy atom. The molecule has 0 spiro atoms. The standard InChI is InChI=1S/C25H29FN2O3/c1-16-3-9-19(10-4-16)27-14-22-21-12-11-20(31-2)13-23(21)28(24(22)25(29)30)15-17-5-7-18(26)8-6-17/h5-8,11-13,16,19,27H,3-4,9-10,14-15H2,1-2H3,(H,29,30)/p-1. The first-order chi connectivity index (χ1) is 15.0. The summed E-state index contributed by atoms with van der Waals surface area (Å²) in [6.45, 7) is 3.04. The molecule has 31 heavy (non-hydrogen) atoms. The third kappa shape index (κ3) is 4.59. The summed E-state index contributed by atoms with van der Waals surface area (Å²) in [5.41, 5.74) is 2.45. The predicted octanol–water partition coefficient (Wildman–Crippen LogP) is 3.87. The number of nitrogens with one attached hydrogen (secondary N) is 1. The third-order valence-electron chi connectivity index (χ3n) is 6.41. The second-order valence-corrected chi connectivity index (χ2v) is 8.55. The first kappa shape index (κ1) is 21.4. The van der Waals surface area contributed by atoms with E-state index in [-0.39, 0.29) is 11.5 Å². The van der Waals surface area contributed by atoms with E-state index in [9.17, 15) is 14.3 Å². The molecule has 3 aromatic rings. The van der Waals surface area contributed by atoms with E-state index in [1.807, 2.05) is 18.2 Å². The molecule has 0 unspecified atom stereocenters. The molecule has 0 radical (unpaired) electrons. The zero-order chi connectivity index (χ0) is 22.0. The Morgan fingerprint density at radius 2 is 1.87 bits per heavy atom. The maximum absolute atomic E-state index is 13.4. The number of ether oxygens (including phenoxy) is 1. The molecule has 0 amide bonds. The van der Waals surface area contributed by atoms with Crippen LogP contribution < -0.4 is 15.2 Å². The summed E-state index contributed by atoms with van der Waals surface area (Å²) in [6, 6.07) is 12.1. The number of carbonyl (C=O) groups is 1. The molecule has 0 atom stereocenters. The summed E-state index contributed by atoms with van der Waals surface area (Å²) in [7, 11) is 1.58. The molecule has 1 fully saturated rings. The van der Waals surface area contributed by atoms with Crippen molar-refractivity contribution in [3.05, 3.63) is 65.1 Å². The van der Waals surface area contributed by atoms with Gasteiger partial charge in [0, 0.05) is 36.1 Å². The highest BCUT2D eigenvalue weighted by atomic mass is 19.1. The quantitative estimate of drug-likeness (QED) is 0.627. The average Bonchev–Trinajstić information content (AvgIpc) is 3.07. The van der Waals surface area contributed by atoms with Crippen molar-refractivity contribution in [2.24, 2.45) is 5.92 Å². The average molecular weight is 424 g/mol. The Hall–Kier alpha value is -2.86. The minimum absolute atomic E-state index is 0.157. The lowest BCUT2D eigenvalue weighted by molar-refractivity contribution is -0.255. The van der Waals surface area contributed by atoms with Crippen LogP contribution in [-0.2, 0) is 13.1 Å². The highest BCUT2D eigenvalue weighted by molar-refractivity contribution is 5.98. The second-order valence-electron chi connectivity index (χ2n) is 8.55. The fourth-order valence-corrected chi connectivity index (χ4v) is 4.59. The maximum Gasteiger partial charge on any atom is 0.123 e. The molecule has 1 aliphatic rings. The molecule has 1 saturated carbocycles. The van der Waals surface area contributed by atoms with Gasteiger partial charge in [-0.25, -0.2) is 4.39 Å². The van der Waals surface area contributed by atoms with Gasteiger partial charge >= 0.3 is 0 Å². The van der Waals surface area contributed by atoms with Crippen LogP contribution in [0.5, 0.6) is 5.75 Å². The van der Waals surface area contributed by atoms with Crippen LogP contribution >= 0.6 is 0 Å². The summed E-state index contributed by atoms with van der Waals surface area (Å²) in [5.74, 6) is -0.140. The number of hydrogen-bond donors (Lipinski definition) is 1. The summed E-state index contributed by atoms with van der Waals surface area (Å²) in [5, 5.41) is 16.7. The van der Waals surface area contributed by atoms with Gasteiger partial charge in [-0.1, -0.05) is 19.1 Å². The molecule has 5 nitrogen and oxygen atoms in total. The van der Waals surface area contributed by atoms with E-state index in [1.54, 1.807) is 23.8 Å². The van der Waals surface area contributed by atoms with Crippen molar-refractivity contribution in [2.45, 2.75) is 51.7 Å². The van der Waals surface area contributed by atoms with Gasteiger partial charge in [0.1, 0.15) is 11.6 Å². The van der Waals surface area contributed by atoms with Crippen molar-refractivity contribution in [3.8, 4) is 5.75 Å². The number of carboxylic acids is 1. The second kappa shape index (κ2) is 9.10. The van der Waals surface area contributed by atoms with Crippen LogP contribution in [-0.4, -0.2) is 23.7 Å². The molecule has 1 N–H and O–H groups in total. The SMILES string of the molecule is COc1ccc2c(CNC3CCC(C)CC3)c(C(=O)[O-])n(Cc3ccc(F)cc3)c2c1. The molecule has 0 aliphatic heterocycles. The number of carbonyl (C=O) groups excluding carboxylic acids is 1. The van der Waals surface area contributed by atoms with Crippen molar-refractivity contribution in [1.29, 1.82) is 0 Å². The van der Waals surface area contributed by atoms with Crippen LogP contribution in [0.15, 0.2) is 42.5 Å². The van der Waals surface area contributed by atoms with E-state index in [0.29, 0.717) is 24.9 Å². The fourth-order valence-electron chi connectivity index (χ4n) is 4.59. The number of hydrogen-bond acceptors (Lipinski definition) is 4. The van der Waals surface area contributed by atoms with E-state index >= 15 is 0 Å². The van der Waals surface area contributed by atoms with Gasteiger partial charge in [-0.05, 0) is 61.4 Å². The van der Waals surface area contributed by atoms with Crippen molar-refractivity contribution in [2.75, 3.05) is 7.11 Å². The van der Waals surface area contributed by atoms with Gasteiger partial charge < -0.3 is 24.5 Å². The first-order valence-electron chi connectivity index (χ1n) is 10.8. The van der Waals surface area contributed by atoms with Gasteiger partial charge in [-0.3, -0.25) is 0 Å². The van der Waals surface area contributed by atoms with Crippen LogP contribution in [0.25, 0.3) is 10.9 Å². The molecular formula is C25H28FN2O3-. The number of aromatic nitrogens is 1. The topological polar surface area (TPSA) is 66.3 Å². The smallest absolute Gasteiger partial charge is 0.123 e. The predicted molar refractivity (Wildman–Crippen MR) is 117 cm³/mol. The van der Waals surface area contributed by atoms with Crippen LogP contribution in [0.4, 0.5) is 4.39 Å². The number of halogens is 1. The Labute approximate surface area is 181 Å². The van der Waals surface area contributed by atoms with Gasteiger partial charge in [-0.2, -0.15) is 0 Å². The highest BCUT2D eigenvalue weighted by Gasteiger charge is 2.22. The molecule has 1 heterocycles. The molecule has 1 aromatic heterocycles. The molecule has 0 bridgehead atoms. The van der Waals surface area contributed by atoms with Gasteiger partial charge in [0.2, 0.25) is 0 Å². The van der Waals surface area contributed by atoms with Gasteiger partial charge in [-0.15, -0.1) is 0 Å². The van der Waals surface area contributed by atoms with E-state index in [0.717, 1.165) is 40.8 Å². The Balaban J connectivity index is 1.74. The van der Waals surface area contributed by atoms with Crippen LogP contribution in [0.1, 0.15) is 54.2 Å². The highest BCUT2D eigenvalue weighted by Crippen LogP contribution is 2.31. The Kier molecular flexibility index (Phi) is 6.28. The summed E-state index contributed by atoms with van der Waals surface area (Å²) in [4.78, 5) is 12.3. The molecule has 164 valence electrons.